The smallest absolute Gasteiger partial charge is 0.132 e. The molecule has 0 aliphatic heterocycles. The molecule has 3 rings (SSSR count). The first-order valence-electron chi connectivity index (χ1n) is 5.47. The number of hydrogen-bond acceptors (Lipinski definition) is 4. The molecule has 86 valence electrons. The minimum Gasteiger partial charge on any atom is -0.252 e. The number of fused-ring (bicyclic) bond motifs is 1. The van der Waals surface area contributed by atoms with Crippen LogP contribution in [0.3, 0.4) is 0 Å². The number of rotatable bonds is 0. The van der Waals surface area contributed by atoms with Crippen molar-refractivity contribution < 1.29 is 0 Å². The lowest BCUT2D eigenvalue weighted by molar-refractivity contribution is 1.25. The van der Waals surface area contributed by atoms with Gasteiger partial charge in [-0.1, -0.05) is 12.1 Å². The van der Waals surface area contributed by atoms with Gasteiger partial charge in [-0.25, -0.2) is 9.97 Å². The van der Waals surface area contributed by atoms with E-state index >= 15 is 0 Å². The summed E-state index contributed by atoms with van der Waals surface area (Å²) in [5.74, 6) is 5.98. The number of aryl methyl sites for hydroxylation is 1. The van der Waals surface area contributed by atoms with Crippen molar-refractivity contribution in [1.29, 1.82) is 0 Å². The van der Waals surface area contributed by atoms with Crippen molar-refractivity contribution >= 4 is 22.4 Å². The van der Waals surface area contributed by atoms with Crippen LogP contribution in [0.25, 0.3) is 11.0 Å². The first-order valence-corrected chi connectivity index (χ1v) is 6.35. The molecule has 4 heteroatoms. The van der Waals surface area contributed by atoms with Crippen molar-refractivity contribution in [1.82, 2.24) is 15.0 Å². The highest BCUT2D eigenvalue weighted by molar-refractivity contribution is 7.09. The number of nitrogens with zero attached hydrogens (tertiary/aromatic N) is 3. The van der Waals surface area contributed by atoms with E-state index in [4.69, 9.17) is 0 Å². The number of hydrogen-bond donors (Lipinski definition) is 0. The highest BCUT2D eigenvalue weighted by Gasteiger charge is 1.96. The van der Waals surface area contributed by atoms with Crippen molar-refractivity contribution in [2.75, 3.05) is 0 Å². The van der Waals surface area contributed by atoms with E-state index in [9.17, 15) is 0 Å². The van der Waals surface area contributed by atoms with Gasteiger partial charge in [0, 0.05) is 5.38 Å². The Morgan fingerprint density at radius 3 is 2.56 bits per heavy atom. The molecule has 0 radical (unpaired) electrons. The molecular formula is C14H9N3S. The molecule has 0 amide bonds. The number of para-hydroxylation sites is 2. The second-order valence-corrected chi connectivity index (χ2v) is 4.81. The van der Waals surface area contributed by atoms with Gasteiger partial charge in [-0.3, -0.25) is 4.98 Å². The van der Waals surface area contributed by atoms with Crippen LogP contribution in [0.1, 0.15) is 16.4 Å². The Morgan fingerprint density at radius 2 is 1.78 bits per heavy atom. The topological polar surface area (TPSA) is 38.7 Å². The van der Waals surface area contributed by atoms with Crippen molar-refractivity contribution in [3.8, 4) is 11.8 Å². The molecule has 0 atom stereocenters. The predicted octanol–water partition coefficient (Wildman–Crippen LogP) is 2.79. The Labute approximate surface area is 109 Å². The summed E-state index contributed by atoms with van der Waals surface area (Å²) in [6, 6.07) is 7.75. The molecule has 0 N–H and O–H groups in total. The molecule has 2 heterocycles. The molecule has 0 saturated carbocycles. The fourth-order valence-corrected chi connectivity index (χ4v) is 2.11. The minimum atomic E-state index is 0.666. The third-order valence-corrected chi connectivity index (χ3v) is 3.16. The molecule has 18 heavy (non-hydrogen) atoms. The predicted molar refractivity (Wildman–Crippen MR) is 72.4 cm³/mol. The summed E-state index contributed by atoms with van der Waals surface area (Å²) in [5.41, 5.74) is 3.19. The minimum absolute atomic E-state index is 0.666. The second kappa shape index (κ2) is 4.55. The van der Waals surface area contributed by atoms with Gasteiger partial charge in [-0.2, -0.15) is 0 Å². The zero-order valence-electron chi connectivity index (χ0n) is 9.71. The first-order chi connectivity index (χ1) is 8.81. The third-order valence-electron chi connectivity index (χ3n) is 2.39. The molecule has 0 saturated heterocycles. The van der Waals surface area contributed by atoms with Gasteiger partial charge in [0.05, 0.1) is 22.2 Å². The van der Waals surface area contributed by atoms with Crippen LogP contribution >= 0.6 is 11.3 Å². The molecule has 3 nitrogen and oxygen atoms in total. The number of benzene rings is 1. The van der Waals surface area contributed by atoms with E-state index in [-0.39, 0.29) is 0 Å². The van der Waals surface area contributed by atoms with E-state index < -0.39 is 0 Å². The molecule has 1 aromatic carbocycles. The SMILES string of the molecule is Cc1nc(C#Cc2cnc3ccccc3n2)cs1. The van der Waals surface area contributed by atoms with E-state index in [2.05, 4.69) is 26.8 Å². The summed E-state index contributed by atoms with van der Waals surface area (Å²) < 4.78 is 0. The van der Waals surface area contributed by atoms with E-state index in [0.29, 0.717) is 5.69 Å². The van der Waals surface area contributed by atoms with Gasteiger partial charge in [-0.15, -0.1) is 11.3 Å². The summed E-state index contributed by atoms with van der Waals surface area (Å²) in [7, 11) is 0. The van der Waals surface area contributed by atoms with Crippen molar-refractivity contribution in [2.24, 2.45) is 0 Å². The Balaban J connectivity index is 1.98. The van der Waals surface area contributed by atoms with Crippen LogP contribution in [0.4, 0.5) is 0 Å². The summed E-state index contributed by atoms with van der Waals surface area (Å²) >= 11 is 1.59. The Hall–Kier alpha value is -2.25. The number of aromatic nitrogens is 3. The average Bonchev–Trinajstić information content (AvgIpc) is 2.82. The zero-order valence-corrected chi connectivity index (χ0v) is 10.5. The van der Waals surface area contributed by atoms with Gasteiger partial charge in [0.15, 0.2) is 0 Å². The maximum absolute atomic E-state index is 4.44. The maximum Gasteiger partial charge on any atom is 0.132 e. The maximum atomic E-state index is 4.44. The normalized spacial score (nSPS) is 10.1. The molecular weight excluding hydrogens is 242 g/mol. The van der Waals surface area contributed by atoms with Crippen LogP contribution in [-0.2, 0) is 0 Å². The average molecular weight is 251 g/mol. The van der Waals surface area contributed by atoms with Gasteiger partial charge in [0.1, 0.15) is 11.4 Å². The lowest BCUT2D eigenvalue weighted by Crippen LogP contribution is -1.87. The standard InChI is InChI=1S/C14H9N3S/c1-10-16-12(9-18-10)7-6-11-8-15-13-4-2-3-5-14(13)17-11/h2-5,8-9H,1H3. The Morgan fingerprint density at radius 1 is 1.00 bits per heavy atom. The first kappa shape index (κ1) is 10.9. The van der Waals surface area contributed by atoms with Gasteiger partial charge in [-0.05, 0) is 30.9 Å². The highest BCUT2D eigenvalue weighted by Crippen LogP contribution is 2.09. The molecule has 0 unspecified atom stereocenters. The van der Waals surface area contributed by atoms with E-state index in [1.807, 2.05) is 36.6 Å². The van der Waals surface area contributed by atoms with Gasteiger partial charge in [0.2, 0.25) is 0 Å². The Bertz CT molecular complexity index is 765. The van der Waals surface area contributed by atoms with Crippen LogP contribution in [-0.4, -0.2) is 15.0 Å². The number of thiazole rings is 1. The molecule has 0 aliphatic rings. The third kappa shape index (κ3) is 2.22. The van der Waals surface area contributed by atoms with Crippen LogP contribution in [0.15, 0.2) is 35.8 Å². The van der Waals surface area contributed by atoms with Crippen LogP contribution in [0.2, 0.25) is 0 Å². The van der Waals surface area contributed by atoms with E-state index in [1.165, 1.54) is 0 Å². The summed E-state index contributed by atoms with van der Waals surface area (Å²) in [6.45, 7) is 1.96. The van der Waals surface area contributed by atoms with Gasteiger partial charge < -0.3 is 0 Å². The zero-order chi connectivity index (χ0) is 12.4. The van der Waals surface area contributed by atoms with E-state index in [1.54, 1.807) is 17.5 Å². The molecule has 0 aliphatic carbocycles. The molecule has 0 fully saturated rings. The largest absolute Gasteiger partial charge is 0.252 e. The van der Waals surface area contributed by atoms with Gasteiger partial charge in [0.25, 0.3) is 0 Å². The lowest BCUT2D eigenvalue weighted by Gasteiger charge is -1.95. The summed E-state index contributed by atoms with van der Waals surface area (Å²) in [6.07, 6.45) is 1.69. The molecule has 0 bridgehead atoms. The van der Waals surface area contributed by atoms with Gasteiger partial charge >= 0.3 is 0 Å². The van der Waals surface area contributed by atoms with Crippen molar-refractivity contribution in [3.05, 3.63) is 52.2 Å². The lowest BCUT2D eigenvalue weighted by atomic mass is 10.3. The van der Waals surface area contributed by atoms with Crippen molar-refractivity contribution in [3.63, 3.8) is 0 Å². The summed E-state index contributed by atoms with van der Waals surface area (Å²) in [4.78, 5) is 13.0. The van der Waals surface area contributed by atoms with Crippen LogP contribution in [0, 0.1) is 18.8 Å². The van der Waals surface area contributed by atoms with E-state index in [0.717, 1.165) is 21.7 Å². The summed E-state index contributed by atoms with van der Waals surface area (Å²) in [5, 5.41) is 2.96. The van der Waals surface area contributed by atoms with Crippen molar-refractivity contribution in [2.45, 2.75) is 6.92 Å². The highest BCUT2D eigenvalue weighted by atomic mass is 32.1. The van der Waals surface area contributed by atoms with Crippen LogP contribution in [0.5, 0.6) is 0 Å². The molecule has 2 aromatic heterocycles. The van der Waals surface area contributed by atoms with Crippen LogP contribution < -0.4 is 0 Å². The fraction of sp³-hybridized carbons (Fsp3) is 0.0714. The fourth-order valence-electron chi connectivity index (χ4n) is 1.57. The Kier molecular flexibility index (Phi) is 2.75. The molecule has 3 aromatic rings. The second-order valence-electron chi connectivity index (χ2n) is 3.75. The monoisotopic (exact) mass is 251 g/mol. The quantitative estimate of drug-likeness (QED) is 0.577. The molecule has 0 spiro atoms.